The molecule has 8 heteroatoms. The highest BCUT2D eigenvalue weighted by molar-refractivity contribution is 6.30. The van der Waals surface area contributed by atoms with Crippen molar-refractivity contribution in [3.8, 4) is 0 Å². The zero-order valence-electron chi connectivity index (χ0n) is 20.2. The minimum atomic E-state index is -1.06. The zero-order valence-corrected chi connectivity index (χ0v) is 21.7. The maximum Gasteiger partial charge on any atom is 0.248 e. The molecule has 1 saturated carbocycles. The van der Waals surface area contributed by atoms with Crippen LogP contribution in [-0.4, -0.2) is 19.5 Å². The number of rotatable bonds is 6. The Morgan fingerprint density at radius 2 is 1.86 bits per heavy atom. The second kappa shape index (κ2) is 9.14. The van der Waals surface area contributed by atoms with Crippen molar-refractivity contribution in [3.63, 3.8) is 0 Å². The van der Waals surface area contributed by atoms with Gasteiger partial charge in [0, 0.05) is 46.7 Å². The number of imidazole rings is 1. The minimum Gasteiger partial charge on any atom is -0.336 e. The zero-order chi connectivity index (χ0) is 25.7. The normalized spacial score (nSPS) is 16.0. The fraction of sp³-hybridized carbons (Fsp3) is 0.207. The van der Waals surface area contributed by atoms with Crippen LogP contribution in [-0.2, 0) is 12.6 Å². The lowest BCUT2D eigenvalue weighted by Crippen LogP contribution is -2.41. The Morgan fingerprint density at radius 3 is 2.54 bits per heavy atom. The van der Waals surface area contributed by atoms with Crippen LogP contribution in [0.1, 0.15) is 46.7 Å². The second-order valence-corrected chi connectivity index (χ2v) is 10.6. The molecule has 37 heavy (non-hydrogen) atoms. The molecule has 0 radical (unpaired) electrons. The molecule has 5 aromatic rings. The first-order valence-electron chi connectivity index (χ1n) is 12.1. The molecule has 1 fully saturated rings. The largest absolute Gasteiger partial charge is 0.336 e. The molecule has 0 aliphatic heterocycles. The topological polar surface area (TPSA) is 89.6 Å². The number of hydrogen-bond acceptors (Lipinski definition) is 4. The predicted octanol–water partition coefficient (Wildman–Crippen LogP) is 5.76. The van der Waals surface area contributed by atoms with Crippen molar-refractivity contribution in [3.05, 3.63) is 128 Å². The number of aryl methyl sites for hydroxylation is 1. The van der Waals surface area contributed by atoms with Crippen LogP contribution in [0.15, 0.2) is 84.2 Å². The molecular formula is C29H25Cl2N5O. The summed E-state index contributed by atoms with van der Waals surface area (Å²) in [6.07, 6.45) is 7.42. The van der Waals surface area contributed by atoms with E-state index in [9.17, 15) is 4.79 Å². The number of aromatic amines is 1. The molecule has 1 aliphatic carbocycles. The summed E-state index contributed by atoms with van der Waals surface area (Å²) in [4.78, 5) is 24.4. The third kappa shape index (κ3) is 4.25. The van der Waals surface area contributed by atoms with E-state index in [0.717, 1.165) is 51.7 Å². The lowest BCUT2D eigenvalue weighted by molar-refractivity contribution is 0.594. The summed E-state index contributed by atoms with van der Waals surface area (Å²) in [5, 5.41) is 2.03. The van der Waals surface area contributed by atoms with Crippen molar-refractivity contribution in [2.24, 2.45) is 18.7 Å². The summed E-state index contributed by atoms with van der Waals surface area (Å²) >= 11 is 12.5. The molecule has 1 aliphatic rings. The number of nitrogens with two attached hydrogens (primary N) is 1. The molecule has 0 saturated heterocycles. The van der Waals surface area contributed by atoms with Crippen LogP contribution in [0.25, 0.3) is 10.9 Å². The van der Waals surface area contributed by atoms with Crippen LogP contribution in [0, 0.1) is 5.92 Å². The maximum atomic E-state index is 12.8. The van der Waals surface area contributed by atoms with Crippen molar-refractivity contribution in [1.29, 1.82) is 0 Å². The molecule has 3 N–H and O–H groups in total. The third-order valence-corrected chi connectivity index (χ3v) is 7.83. The van der Waals surface area contributed by atoms with Crippen molar-refractivity contribution < 1.29 is 0 Å². The van der Waals surface area contributed by atoms with Crippen LogP contribution >= 0.6 is 23.2 Å². The van der Waals surface area contributed by atoms with E-state index < -0.39 is 5.54 Å². The van der Waals surface area contributed by atoms with Crippen molar-refractivity contribution in [1.82, 2.24) is 19.5 Å². The van der Waals surface area contributed by atoms with Crippen molar-refractivity contribution in [2.75, 3.05) is 0 Å². The van der Waals surface area contributed by atoms with Gasteiger partial charge in [-0.05, 0) is 65.8 Å². The fourth-order valence-corrected chi connectivity index (χ4v) is 5.74. The maximum absolute atomic E-state index is 12.8. The number of fused-ring (bicyclic) bond motifs is 1. The van der Waals surface area contributed by atoms with Gasteiger partial charge < -0.3 is 15.3 Å². The summed E-state index contributed by atoms with van der Waals surface area (Å²) in [6, 6.07) is 19.3. The number of nitrogens with zero attached hydrogens (tertiary/aromatic N) is 3. The molecule has 0 bridgehead atoms. The number of benzene rings is 2. The van der Waals surface area contributed by atoms with E-state index >= 15 is 0 Å². The number of aromatic nitrogens is 4. The van der Waals surface area contributed by atoms with Crippen molar-refractivity contribution >= 4 is 34.1 Å². The van der Waals surface area contributed by atoms with Gasteiger partial charge in [0.25, 0.3) is 0 Å². The Hall–Kier alpha value is -3.45. The molecule has 3 aromatic heterocycles. The first-order chi connectivity index (χ1) is 17.8. The second-order valence-electron chi connectivity index (χ2n) is 9.79. The molecule has 0 amide bonds. The molecule has 3 heterocycles. The Bertz CT molecular complexity index is 1670. The molecule has 186 valence electrons. The van der Waals surface area contributed by atoms with Crippen LogP contribution in [0.4, 0.5) is 0 Å². The van der Waals surface area contributed by atoms with E-state index in [2.05, 4.69) is 27.1 Å². The van der Waals surface area contributed by atoms with Gasteiger partial charge in [0.1, 0.15) is 10.7 Å². The van der Waals surface area contributed by atoms with Gasteiger partial charge in [-0.3, -0.25) is 4.79 Å². The molecule has 2 unspecified atom stereocenters. The van der Waals surface area contributed by atoms with E-state index in [1.165, 1.54) is 0 Å². The lowest BCUT2D eigenvalue weighted by atomic mass is 9.79. The van der Waals surface area contributed by atoms with Gasteiger partial charge in [-0.15, -0.1) is 0 Å². The van der Waals surface area contributed by atoms with E-state index in [4.69, 9.17) is 28.9 Å². The van der Waals surface area contributed by atoms with E-state index in [1.807, 2.05) is 48.0 Å². The number of nitrogens with one attached hydrogen (secondary N) is 1. The Labute approximate surface area is 224 Å². The highest BCUT2D eigenvalue weighted by Gasteiger charge is 2.37. The highest BCUT2D eigenvalue weighted by atomic mass is 35.5. The standard InChI is InChI=1S/C29H25Cl2N5O/c1-36-16-33-15-25(36)29(32,20-8-10-26(31)34-14-20)19-7-9-24-22(12-19)23(13-27(37)35-24)28(17-5-6-17)18-3-2-4-21(30)11-18/h2-4,7-17,28H,5-6,32H2,1H3,(H,35,37). The van der Waals surface area contributed by atoms with Gasteiger partial charge in [0.05, 0.1) is 18.2 Å². The number of pyridine rings is 2. The van der Waals surface area contributed by atoms with Crippen LogP contribution in [0.5, 0.6) is 0 Å². The van der Waals surface area contributed by atoms with Gasteiger partial charge in [-0.1, -0.05) is 47.5 Å². The summed E-state index contributed by atoms with van der Waals surface area (Å²) in [6.45, 7) is 0. The van der Waals surface area contributed by atoms with Gasteiger partial charge in [-0.2, -0.15) is 0 Å². The van der Waals surface area contributed by atoms with Gasteiger partial charge in [0.2, 0.25) is 5.56 Å². The average Bonchev–Trinajstić information content (AvgIpc) is 3.62. The summed E-state index contributed by atoms with van der Waals surface area (Å²) in [5.74, 6) is 0.507. The molecular weight excluding hydrogens is 505 g/mol. The van der Waals surface area contributed by atoms with E-state index in [1.54, 1.807) is 30.9 Å². The predicted molar refractivity (Wildman–Crippen MR) is 147 cm³/mol. The summed E-state index contributed by atoms with van der Waals surface area (Å²) in [5.41, 5.74) is 11.4. The van der Waals surface area contributed by atoms with Gasteiger partial charge in [0.15, 0.2) is 0 Å². The molecule has 0 spiro atoms. The quantitative estimate of drug-likeness (QED) is 0.274. The molecule has 2 aromatic carbocycles. The Kier molecular flexibility index (Phi) is 5.91. The smallest absolute Gasteiger partial charge is 0.248 e. The SMILES string of the molecule is Cn1cncc1C(N)(c1ccc(Cl)nc1)c1ccc2[nH]c(=O)cc(C(c3cccc(Cl)c3)C3CC3)c2c1. The fourth-order valence-electron chi connectivity index (χ4n) is 5.43. The third-order valence-electron chi connectivity index (χ3n) is 7.37. The Balaban J connectivity index is 1.61. The first-order valence-corrected chi connectivity index (χ1v) is 12.9. The molecule has 2 atom stereocenters. The lowest BCUT2D eigenvalue weighted by Gasteiger charge is -2.31. The molecule has 6 rings (SSSR count). The minimum absolute atomic E-state index is 0.0554. The summed E-state index contributed by atoms with van der Waals surface area (Å²) < 4.78 is 1.91. The monoisotopic (exact) mass is 529 g/mol. The van der Waals surface area contributed by atoms with Crippen LogP contribution in [0.3, 0.4) is 0 Å². The summed E-state index contributed by atoms with van der Waals surface area (Å²) in [7, 11) is 1.92. The number of H-pyrrole nitrogens is 1. The van der Waals surface area contributed by atoms with Crippen LogP contribution in [0.2, 0.25) is 10.2 Å². The number of halogens is 2. The van der Waals surface area contributed by atoms with E-state index in [-0.39, 0.29) is 11.5 Å². The van der Waals surface area contributed by atoms with Crippen LogP contribution < -0.4 is 11.3 Å². The Morgan fingerprint density at radius 1 is 1.05 bits per heavy atom. The first kappa shape index (κ1) is 23.9. The number of hydrogen-bond donors (Lipinski definition) is 2. The van der Waals surface area contributed by atoms with Gasteiger partial charge in [-0.25, -0.2) is 9.97 Å². The van der Waals surface area contributed by atoms with Crippen molar-refractivity contribution in [2.45, 2.75) is 24.3 Å². The van der Waals surface area contributed by atoms with Gasteiger partial charge >= 0.3 is 0 Å². The highest BCUT2D eigenvalue weighted by Crippen LogP contribution is 2.48. The molecule has 6 nitrogen and oxygen atoms in total. The average molecular weight is 530 g/mol. The van der Waals surface area contributed by atoms with E-state index in [0.29, 0.717) is 16.1 Å².